The Morgan fingerprint density at radius 2 is 2.07 bits per heavy atom. The minimum atomic E-state index is -0.162. The standard InChI is InChI=1S/C13H20FN/c1-4-10(2)9-15-11(3)12-6-5-7-13(14)8-12/h5-8,10-11,15H,4,9H2,1-3H3/t10?,11-/m0/s1. The van der Waals surface area contributed by atoms with Gasteiger partial charge in [0.15, 0.2) is 0 Å². The van der Waals surface area contributed by atoms with E-state index in [4.69, 9.17) is 0 Å². The van der Waals surface area contributed by atoms with Crippen LogP contribution in [0.5, 0.6) is 0 Å². The molecule has 0 amide bonds. The molecule has 0 aliphatic heterocycles. The van der Waals surface area contributed by atoms with E-state index in [1.54, 1.807) is 12.1 Å². The van der Waals surface area contributed by atoms with Gasteiger partial charge in [-0.1, -0.05) is 32.4 Å². The number of halogens is 1. The van der Waals surface area contributed by atoms with Gasteiger partial charge in [-0.25, -0.2) is 4.39 Å². The van der Waals surface area contributed by atoms with Gasteiger partial charge in [-0.05, 0) is 37.1 Å². The summed E-state index contributed by atoms with van der Waals surface area (Å²) in [6, 6.07) is 7.00. The van der Waals surface area contributed by atoms with E-state index in [-0.39, 0.29) is 11.9 Å². The Kier molecular flexibility index (Phi) is 4.76. The molecule has 1 nitrogen and oxygen atoms in total. The largest absolute Gasteiger partial charge is 0.310 e. The molecule has 0 heterocycles. The van der Waals surface area contributed by atoms with Crippen molar-refractivity contribution in [1.29, 1.82) is 0 Å². The minimum absolute atomic E-state index is 0.162. The first-order chi connectivity index (χ1) is 7.13. The number of benzene rings is 1. The molecule has 0 aliphatic rings. The van der Waals surface area contributed by atoms with Crippen LogP contribution in [0.2, 0.25) is 0 Å². The fourth-order valence-corrected chi connectivity index (χ4v) is 1.42. The molecule has 0 aromatic heterocycles. The summed E-state index contributed by atoms with van der Waals surface area (Å²) >= 11 is 0. The van der Waals surface area contributed by atoms with Crippen LogP contribution >= 0.6 is 0 Å². The Morgan fingerprint density at radius 1 is 1.33 bits per heavy atom. The summed E-state index contributed by atoms with van der Waals surface area (Å²) in [5.41, 5.74) is 1.01. The van der Waals surface area contributed by atoms with Crippen LogP contribution in [-0.2, 0) is 0 Å². The van der Waals surface area contributed by atoms with E-state index >= 15 is 0 Å². The maximum atomic E-state index is 13.0. The molecule has 1 aromatic rings. The first-order valence-electron chi connectivity index (χ1n) is 5.62. The zero-order chi connectivity index (χ0) is 11.3. The minimum Gasteiger partial charge on any atom is -0.310 e. The highest BCUT2D eigenvalue weighted by molar-refractivity contribution is 5.19. The molecule has 0 radical (unpaired) electrons. The summed E-state index contributed by atoms with van der Waals surface area (Å²) in [6.07, 6.45) is 1.17. The molecule has 15 heavy (non-hydrogen) atoms. The first-order valence-corrected chi connectivity index (χ1v) is 5.62. The highest BCUT2D eigenvalue weighted by Gasteiger charge is 2.06. The molecule has 1 rings (SSSR count). The fraction of sp³-hybridized carbons (Fsp3) is 0.538. The monoisotopic (exact) mass is 209 g/mol. The van der Waals surface area contributed by atoms with E-state index in [1.165, 1.54) is 12.5 Å². The lowest BCUT2D eigenvalue weighted by Crippen LogP contribution is -2.24. The van der Waals surface area contributed by atoms with Crippen molar-refractivity contribution in [2.45, 2.75) is 33.2 Å². The smallest absolute Gasteiger partial charge is 0.123 e. The lowest BCUT2D eigenvalue weighted by molar-refractivity contribution is 0.460. The van der Waals surface area contributed by atoms with Gasteiger partial charge in [0, 0.05) is 6.04 Å². The van der Waals surface area contributed by atoms with Crippen molar-refractivity contribution < 1.29 is 4.39 Å². The molecule has 2 heteroatoms. The number of hydrogen-bond acceptors (Lipinski definition) is 1. The molecule has 1 aromatic carbocycles. The zero-order valence-electron chi connectivity index (χ0n) is 9.76. The zero-order valence-corrected chi connectivity index (χ0v) is 9.76. The molecule has 0 saturated carbocycles. The fourth-order valence-electron chi connectivity index (χ4n) is 1.42. The van der Waals surface area contributed by atoms with Gasteiger partial charge in [0.2, 0.25) is 0 Å². The molecule has 0 bridgehead atoms. The van der Waals surface area contributed by atoms with Gasteiger partial charge in [0.05, 0.1) is 0 Å². The van der Waals surface area contributed by atoms with E-state index < -0.39 is 0 Å². The lowest BCUT2D eigenvalue weighted by atomic mass is 10.1. The van der Waals surface area contributed by atoms with Crippen LogP contribution in [0, 0.1) is 11.7 Å². The van der Waals surface area contributed by atoms with Gasteiger partial charge in [-0.15, -0.1) is 0 Å². The third kappa shape index (κ3) is 4.00. The number of rotatable bonds is 5. The van der Waals surface area contributed by atoms with Crippen LogP contribution < -0.4 is 5.32 Å². The van der Waals surface area contributed by atoms with Crippen LogP contribution in [0.25, 0.3) is 0 Å². The van der Waals surface area contributed by atoms with E-state index in [2.05, 4.69) is 26.1 Å². The summed E-state index contributed by atoms with van der Waals surface area (Å²) in [5.74, 6) is 0.505. The maximum Gasteiger partial charge on any atom is 0.123 e. The number of nitrogens with one attached hydrogen (secondary N) is 1. The molecule has 0 aliphatic carbocycles. The Balaban J connectivity index is 2.50. The molecule has 1 N–H and O–H groups in total. The Morgan fingerprint density at radius 3 is 2.67 bits per heavy atom. The summed E-state index contributed by atoms with van der Waals surface area (Å²) < 4.78 is 13.0. The second-order valence-electron chi connectivity index (χ2n) is 4.20. The quantitative estimate of drug-likeness (QED) is 0.782. The molecule has 2 atom stereocenters. The summed E-state index contributed by atoms with van der Waals surface area (Å²) in [4.78, 5) is 0. The van der Waals surface area contributed by atoms with Gasteiger partial charge >= 0.3 is 0 Å². The van der Waals surface area contributed by atoms with Crippen molar-refractivity contribution in [1.82, 2.24) is 5.32 Å². The topological polar surface area (TPSA) is 12.0 Å². The van der Waals surface area contributed by atoms with Gasteiger partial charge < -0.3 is 5.32 Å². The maximum absolute atomic E-state index is 13.0. The van der Waals surface area contributed by atoms with Crippen molar-refractivity contribution in [2.24, 2.45) is 5.92 Å². The molecular weight excluding hydrogens is 189 g/mol. The van der Waals surface area contributed by atoms with E-state index in [1.807, 2.05) is 6.07 Å². The predicted molar refractivity (Wildman–Crippen MR) is 62.3 cm³/mol. The molecule has 0 saturated heterocycles. The average Bonchev–Trinajstić information content (AvgIpc) is 2.25. The summed E-state index contributed by atoms with van der Waals surface area (Å²) in [5, 5.41) is 3.41. The van der Waals surface area contributed by atoms with Crippen molar-refractivity contribution >= 4 is 0 Å². The van der Waals surface area contributed by atoms with Gasteiger partial charge in [-0.2, -0.15) is 0 Å². The first kappa shape index (κ1) is 12.2. The van der Waals surface area contributed by atoms with Crippen LogP contribution in [0.1, 0.15) is 38.8 Å². The molecule has 0 fully saturated rings. The van der Waals surface area contributed by atoms with Crippen molar-refractivity contribution in [3.05, 3.63) is 35.6 Å². The molecule has 0 spiro atoms. The van der Waals surface area contributed by atoms with Crippen molar-refractivity contribution in [2.75, 3.05) is 6.54 Å². The van der Waals surface area contributed by atoms with Crippen molar-refractivity contribution in [3.63, 3.8) is 0 Å². The average molecular weight is 209 g/mol. The Bertz CT molecular complexity index is 298. The number of hydrogen-bond donors (Lipinski definition) is 1. The molecule has 1 unspecified atom stereocenters. The third-order valence-electron chi connectivity index (χ3n) is 2.82. The highest BCUT2D eigenvalue weighted by atomic mass is 19.1. The second kappa shape index (κ2) is 5.86. The SMILES string of the molecule is CCC(C)CN[C@@H](C)c1cccc(F)c1. The molecule has 84 valence electrons. The van der Waals surface area contributed by atoms with Crippen LogP contribution in [0.15, 0.2) is 24.3 Å². The van der Waals surface area contributed by atoms with Gasteiger partial charge in [0.1, 0.15) is 5.82 Å². The van der Waals surface area contributed by atoms with E-state index in [9.17, 15) is 4.39 Å². The van der Waals surface area contributed by atoms with Crippen molar-refractivity contribution in [3.8, 4) is 0 Å². The highest BCUT2D eigenvalue weighted by Crippen LogP contribution is 2.13. The van der Waals surface area contributed by atoms with Crippen LogP contribution in [-0.4, -0.2) is 6.54 Å². The lowest BCUT2D eigenvalue weighted by Gasteiger charge is -2.17. The van der Waals surface area contributed by atoms with Gasteiger partial charge in [-0.3, -0.25) is 0 Å². The van der Waals surface area contributed by atoms with Crippen LogP contribution in [0.3, 0.4) is 0 Å². The molecular formula is C13H20FN. The summed E-state index contributed by atoms with van der Waals surface area (Å²) in [6.45, 7) is 7.44. The van der Waals surface area contributed by atoms with E-state index in [0.717, 1.165) is 12.1 Å². The predicted octanol–water partition coefficient (Wildman–Crippen LogP) is 3.52. The van der Waals surface area contributed by atoms with E-state index in [0.29, 0.717) is 5.92 Å². The van der Waals surface area contributed by atoms with Crippen LogP contribution in [0.4, 0.5) is 4.39 Å². The van der Waals surface area contributed by atoms with Gasteiger partial charge in [0.25, 0.3) is 0 Å². The Labute approximate surface area is 91.7 Å². The Hall–Kier alpha value is -0.890. The third-order valence-corrected chi connectivity index (χ3v) is 2.82. The normalized spacial score (nSPS) is 14.9. The summed E-state index contributed by atoms with van der Waals surface area (Å²) in [7, 11) is 0. The second-order valence-corrected chi connectivity index (χ2v) is 4.20.